The Bertz CT molecular complexity index is 666. The molecule has 0 unspecified atom stereocenters. The van der Waals surface area contributed by atoms with E-state index in [1.54, 1.807) is 25.7 Å². The van der Waals surface area contributed by atoms with Gasteiger partial charge in [-0.25, -0.2) is 12.7 Å². The van der Waals surface area contributed by atoms with Gasteiger partial charge in [-0.15, -0.1) is 35.7 Å². The van der Waals surface area contributed by atoms with Crippen LogP contribution in [0.3, 0.4) is 0 Å². The van der Waals surface area contributed by atoms with Crippen LogP contribution in [0.4, 0.5) is 0 Å². The van der Waals surface area contributed by atoms with Crippen LogP contribution in [0.25, 0.3) is 0 Å². The van der Waals surface area contributed by atoms with Crippen LogP contribution in [0.2, 0.25) is 0 Å². The maximum absolute atomic E-state index is 11.8. The van der Waals surface area contributed by atoms with Crippen LogP contribution in [0.15, 0.2) is 34.2 Å². The third-order valence-corrected chi connectivity index (χ3v) is 6.61. The first-order valence-corrected chi connectivity index (χ1v) is 11.7. The van der Waals surface area contributed by atoms with Crippen LogP contribution < -0.4 is 5.32 Å². The summed E-state index contributed by atoms with van der Waals surface area (Å²) in [4.78, 5) is 7.97. The molecule has 6 nitrogen and oxygen atoms in total. The maximum atomic E-state index is 11.8. The predicted molar refractivity (Wildman–Crippen MR) is 128 cm³/mol. The van der Waals surface area contributed by atoms with Crippen molar-refractivity contribution >= 4 is 51.7 Å². The van der Waals surface area contributed by atoms with Gasteiger partial charge in [0.15, 0.2) is 5.96 Å². The molecule has 0 saturated heterocycles. The molecule has 0 spiro atoms. The number of benzene rings is 1. The van der Waals surface area contributed by atoms with Gasteiger partial charge in [0.05, 0.1) is 5.75 Å². The van der Waals surface area contributed by atoms with Crippen molar-refractivity contribution in [2.75, 3.05) is 45.7 Å². The SMILES string of the molecule is CCNC(=NCCCN(C)S(=O)(=O)CC)N(C)Cc1ccc(SC)cc1.I. The van der Waals surface area contributed by atoms with E-state index in [0.29, 0.717) is 19.5 Å². The summed E-state index contributed by atoms with van der Waals surface area (Å²) in [6.45, 7) is 6.33. The molecule has 0 amide bonds. The van der Waals surface area contributed by atoms with E-state index in [0.717, 1.165) is 19.0 Å². The number of thioether (sulfide) groups is 1. The molecule has 0 fully saturated rings. The molecule has 0 heterocycles. The standard InChI is InChI=1S/C18H32N4O2S2.HI/c1-6-19-18(20-13-8-14-22(4)26(23,24)7-2)21(3)15-16-9-11-17(25-5)12-10-16;/h9-12H,6-8,13-15H2,1-5H3,(H,19,20);1H. The van der Waals surface area contributed by atoms with Crippen molar-refractivity contribution in [3.8, 4) is 0 Å². The summed E-state index contributed by atoms with van der Waals surface area (Å²) in [7, 11) is 0.520. The van der Waals surface area contributed by atoms with Gasteiger partial charge in [-0.3, -0.25) is 4.99 Å². The van der Waals surface area contributed by atoms with Gasteiger partial charge in [0, 0.05) is 45.2 Å². The van der Waals surface area contributed by atoms with E-state index in [1.807, 2.05) is 14.0 Å². The third kappa shape index (κ3) is 9.49. The Morgan fingerprint density at radius 1 is 1.19 bits per heavy atom. The number of rotatable bonds is 10. The second-order valence-corrected chi connectivity index (χ2v) is 9.26. The molecule has 1 aromatic rings. The fourth-order valence-electron chi connectivity index (χ4n) is 2.39. The second kappa shape index (κ2) is 13.6. The molecule has 156 valence electrons. The summed E-state index contributed by atoms with van der Waals surface area (Å²) in [5, 5.41) is 3.29. The van der Waals surface area contributed by atoms with Crippen LogP contribution in [0.5, 0.6) is 0 Å². The molecule has 0 radical (unpaired) electrons. The summed E-state index contributed by atoms with van der Waals surface area (Å²) < 4.78 is 24.9. The lowest BCUT2D eigenvalue weighted by atomic mass is 10.2. The minimum Gasteiger partial charge on any atom is -0.357 e. The third-order valence-electron chi connectivity index (χ3n) is 4.01. The van der Waals surface area contributed by atoms with E-state index in [1.165, 1.54) is 14.8 Å². The number of hydrogen-bond donors (Lipinski definition) is 1. The molecule has 0 aromatic heterocycles. The largest absolute Gasteiger partial charge is 0.357 e. The minimum atomic E-state index is -3.11. The minimum absolute atomic E-state index is 0. The summed E-state index contributed by atoms with van der Waals surface area (Å²) in [5.41, 5.74) is 1.23. The summed E-state index contributed by atoms with van der Waals surface area (Å²) in [6, 6.07) is 8.52. The van der Waals surface area contributed by atoms with Crippen molar-refractivity contribution in [2.24, 2.45) is 4.99 Å². The zero-order valence-electron chi connectivity index (χ0n) is 16.9. The number of nitrogens with one attached hydrogen (secondary N) is 1. The van der Waals surface area contributed by atoms with Crippen LogP contribution >= 0.6 is 35.7 Å². The average Bonchev–Trinajstić information content (AvgIpc) is 2.64. The number of aliphatic imine (C=N–C) groups is 1. The Balaban J connectivity index is 0.00000676. The molecular weight excluding hydrogens is 495 g/mol. The zero-order valence-corrected chi connectivity index (χ0v) is 20.9. The lowest BCUT2D eigenvalue weighted by Crippen LogP contribution is -2.38. The van der Waals surface area contributed by atoms with E-state index in [2.05, 4.69) is 45.7 Å². The molecule has 0 bridgehead atoms. The Hall–Kier alpha value is -0.520. The van der Waals surface area contributed by atoms with Crippen molar-refractivity contribution in [3.05, 3.63) is 29.8 Å². The van der Waals surface area contributed by atoms with E-state index in [4.69, 9.17) is 0 Å². The van der Waals surface area contributed by atoms with Gasteiger partial charge in [-0.2, -0.15) is 0 Å². The van der Waals surface area contributed by atoms with E-state index in [-0.39, 0.29) is 29.7 Å². The molecule has 0 aliphatic carbocycles. The highest BCUT2D eigenvalue weighted by Gasteiger charge is 2.14. The highest BCUT2D eigenvalue weighted by Crippen LogP contribution is 2.15. The topological polar surface area (TPSA) is 65.0 Å². The molecule has 1 rings (SSSR count). The predicted octanol–water partition coefficient (Wildman–Crippen LogP) is 3.10. The molecule has 0 saturated carbocycles. The maximum Gasteiger partial charge on any atom is 0.213 e. The Morgan fingerprint density at radius 3 is 2.33 bits per heavy atom. The molecule has 0 aliphatic rings. The number of nitrogens with zero attached hydrogens (tertiary/aromatic N) is 3. The van der Waals surface area contributed by atoms with Gasteiger partial charge in [0.2, 0.25) is 10.0 Å². The highest BCUT2D eigenvalue weighted by molar-refractivity contribution is 14.0. The molecule has 0 atom stereocenters. The first-order chi connectivity index (χ1) is 12.3. The first-order valence-electron chi connectivity index (χ1n) is 8.90. The van der Waals surface area contributed by atoms with Gasteiger partial charge in [-0.1, -0.05) is 12.1 Å². The van der Waals surface area contributed by atoms with Crippen LogP contribution in [0.1, 0.15) is 25.8 Å². The second-order valence-electron chi connectivity index (χ2n) is 6.02. The fraction of sp³-hybridized carbons (Fsp3) is 0.611. The van der Waals surface area contributed by atoms with Gasteiger partial charge in [0.1, 0.15) is 0 Å². The lowest BCUT2D eigenvalue weighted by Gasteiger charge is -2.22. The van der Waals surface area contributed by atoms with Crippen molar-refractivity contribution in [3.63, 3.8) is 0 Å². The normalized spacial score (nSPS) is 12.0. The van der Waals surface area contributed by atoms with Gasteiger partial charge < -0.3 is 10.2 Å². The van der Waals surface area contributed by atoms with E-state index >= 15 is 0 Å². The van der Waals surface area contributed by atoms with Crippen LogP contribution in [0, 0.1) is 0 Å². The number of sulfonamides is 1. The smallest absolute Gasteiger partial charge is 0.213 e. The van der Waals surface area contributed by atoms with Crippen LogP contribution in [-0.2, 0) is 16.6 Å². The molecule has 9 heteroatoms. The van der Waals surface area contributed by atoms with Gasteiger partial charge in [0.25, 0.3) is 0 Å². The Kier molecular flexibility index (Phi) is 13.4. The molecule has 0 aliphatic heterocycles. The number of guanidine groups is 1. The van der Waals surface area contributed by atoms with Crippen molar-refractivity contribution in [1.29, 1.82) is 0 Å². The zero-order chi connectivity index (χ0) is 19.6. The van der Waals surface area contributed by atoms with Crippen molar-refractivity contribution in [1.82, 2.24) is 14.5 Å². The molecule has 1 N–H and O–H groups in total. The molecule has 1 aromatic carbocycles. The lowest BCUT2D eigenvalue weighted by molar-refractivity contribution is 0.459. The highest BCUT2D eigenvalue weighted by atomic mass is 127. The molecule has 27 heavy (non-hydrogen) atoms. The first kappa shape index (κ1) is 26.5. The molecular formula is C18H33IN4O2S2. The Labute approximate surface area is 186 Å². The summed E-state index contributed by atoms with van der Waals surface area (Å²) in [5.74, 6) is 0.968. The number of halogens is 1. The summed E-state index contributed by atoms with van der Waals surface area (Å²) >= 11 is 1.73. The quantitative estimate of drug-likeness (QED) is 0.166. The van der Waals surface area contributed by atoms with Crippen molar-refractivity contribution in [2.45, 2.75) is 31.7 Å². The Morgan fingerprint density at radius 2 is 1.81 bits per heavy atom. The van der Waals surface area contributed by atoms with E-state index < -0.39 is 10.0 Å². The number of hydrogen-bond acceptors (Lipinski definition) is 4. The summed E-state index contributed by atoms with van der Waals surface area (Å²) in [6.07, 6.45) is 2.77. The van der Waals surface area contributed by atoms with Crippen LogP contribution in [-0.4, -0.2) is 69.3 Å². The fourth-order valence-corrected chi connectivity index (χ4v) is 3.64. The van der Waals surface area contributed by atoms with Gasteiger partial charge >= 0.3 is 0 Å². The average molecular weight is 529 g/mol. The van der Waals surface area contributed by atoms with Crippen molar-refractivity contribution < 1.29 is 8.42 Å². The monoisotopic (exact) mass is 528 g/mol. The van der Waals surface area contributed by atoms with E-state index in [9.17, 15) is 8.42 Å². The van der Waals surface area contributed by atoms with Gasteiger partial charge in [-0.05, 0) is 44.2 Å².